The zero-order valence-electron chi connectivity index (χ0n) is 16.2. The molecule has 6 heteroatoms. The summed E-state index contributed by atoms with van der Waals surface area (Å²) in [5, 5.41) is 11.7. The number of anilines is 1. The molecule has 0 spiro atoms. The summed E-state index contributed by atoms with van der Waals surface area (Å²) in [4.78, 5) is 18.7. The SMILES string of the molecule is CCN(c1c(C(N)=O)nnc2cc(-c3cncc4ccccc34)ccc12)C1CC1. The number of pyridine rings is 1. The second-order valence-corrected chi connectivity index (χ2v) is 7.42. The van der Waals surface area contributed by atoms with Crippen molar-refractivity contribution in [3.8, 4) is 11.1 Å². The summed E-state index contributed by atoms with van der Waals surface area (Å²) in [7, 11) is 0. The van der Waals surface area contributed by atoms with Crippen LogP contribution in [0.4, 0.5) is 5.69 Å². The highest BCUT2D eigenvalue weighted by atomic mass is 16.1. The van der Waals surface area contributed by atoms with E-state index in [0.29, 0.717) is 6.04 Å². The van der Waals surface area contributed by atoms with Crippen LogP contribution < -0.4 is 10.6 Å². The molecule has 0 radical (unpaired) electrons. The number of aromatic nitrogens is 3. The number of primary amides is 1. The van der Waals surface area contributed by atoms with Crippen LogP contribution in [0.1, 0.15) is 30.3 Å². The van der Waals surface area contributed by atoms with Gasteiger partial charge < -0.3 is 10.6 Å². The van der Waals surface area contributed by atoms with Crippen molar-refractivity contribution in [1.29, 1.82) is 0 Å². The molecule has 29 heavy (non-hydrogen) atoms. The van der Waals surface area contributed by atoms with Crippen LogP contribution in [0.15, 0.2) is 54.9 Å². The smallest absolute Gasteiger partial charge is 0.271 e. The fourth-order valence-corrected chi connectivity index (χ4v) is 4.05. The number of hydrogen-bond acceptors (Lipinski definition) is 5. The molecule has 0 aliphatic heterocycles. The van der Waals surface area contributed by atoms with Crippen molar-refractivity contribution in [1.82, 2.24) is 15.2 Å². The number of carbonyl (C=O) groups excluding carboxylic acids is 1. The van der Waals surface area contributed by atoms with Crippen molar-refractivity contribution in [2.75, 3.05) is 11.4 Å². The Hall–Kier alpha value is -3.54. The fourth-order valence-electron chi connectivity index (χ4n) is 4.05. The van der Waals surface area contributed by atoms with Gasteiger partial charge in [0.2, 0.25) is 0 Å². The van der Waals surface area contributed by atoms with Gasteiger partial charge in [0.05, 0.1) is 11.2 Å². The second kappa shape index (κ2) is 6.81. The van der Waals surface area contributed by atoms with E-state index >= 15 is 0 Å². The summed E-state index contributed by atoms with van der Waals surface area (Å²) in [6.45, 7) is 2.88. The Bertz CT molecular complexity index is 1240. The second-order valence-electron chi connectivity index (χ2n) is 7.42. The van der Waals surface area contributed by atoms with E-state index in [1.807, 2.05) is 36.7 Å². The molecule has 1 saturated carbocycles. The molecule has 4 aromatic rings. The van der Waals surface area contributed by atoms with Gasteiger partial charge in [-0.25, -0.2) is 0 Å². The minimum Gasteiger partial charge on any atom is -0.366 e. The minimum atomic E-state index is -0.546. The lowest BCUT2D eigenvalue weighted by molar-refractivity contribution is 0.0995. The number of nitrogens with zero attached hydrogens (tertiary/aromatic N) is 4. The average Bonchev–Trinajstić information content (AvgIpc) is 3.58. The van der Waals surface area contributed by atoms with Crippen molar-refractivity contribution in [3.05, 3.63) is 60.6 Å². The van der Waals surface area contributed by atoms with Gasteiger partial charge in [0.25, 0.3) is 5.91 Å². The predicted octanol–water partition coefficient (Wildman–Crippen LogP) is 3.93. The lowest BCUT2D eigenvalue weighted by Gasteiger charge is -2.25. The summed E-state index contributed by atoms with van der Waals surface area (Å²) in [6, 6.07) is 14.7. The molecule has 1 aliphatic rings. The van der Waals surface area contributed by atoms with Crippen LogP contribution in [-0.4, -0.2) is 33.7 Å². The van der Waals surface area contributed by atoms with E-state index in [-0.39, 0.29) is 5.69 Å². The molecule has 2 N–H and O–H groups in total. The Kier molecular flexibility index (Phi) is 4.12. The van der Waals surface area contributed by atoms with Gasteiger partial charge in [-0.1, -0.05) is 30.3 Å². The van der Waals surface area contributed by atoms with Gasteiger partial charge in [-0.05, 0) is 42.8 Å². The molecule has 2 aromatic heterocycles. The molecule has 5 rings (SSSR count). The van der Waals surface area contributed by atoms with E-state index in [0.717, 1.165) is 57.9 Å². The molecular weight excluding hydrogens is 362 g/mol. The molecule has 1 amide bonds. The topological polar surface area (TPSA) is 85.0 Å². The zero-order valence-corrected chi connectivity index (χ0v) is 16.2. The molecule has 144 valence electrons. The van der Waals surface area contributed by atoms with Gasteiger partial charge >= 0.3 is 0 Å². The Morgan fingerprint density at radius 3 is 2.69 bits per heavy atom. The number of fused-ring (bicyclic) bond motifs is 2. The Morgan fingerprint density at radius 2 is 1.93 bits per heavy atom. The highest BCUT2D eigenvalue weighted by molar-refractivity contribution is 6.06. The third-order valence-corrected chi connectivity index (χ3v) is 5.56. The molecule has 0 bridgehead atoms. The van der Waals surface area contributed by atoms with E-state index in [2.05, 4.69) is 45.2 Å². The van der Waals surface area contributed by atoms with E-state index in [1.165, 1.54) is 0 Å². The highest BCUT2D eigenvalue weighted by Gasteiger charge is 2.32. The molecule has 6 nitrogen and oxygen atoms in total. The van der Waals surface area contributed by atoms with Gasteiger partial charge in [-0.2, -0.15) is 0 Å². The quantitative estimate of drug-likeness (QED) is 0.564. The van der Waals surface area contributed by atoms with Crippen molar-refractivity contribution < 1.29 is 4.79 Å². The Balaban J connectivity index is 1.72. The number of rotatable bonds is 5. The zero-order chi connectivity index (χ0) is 20.0. The molecule has 2 aromatic carbocycles. The minimum absolute atomic E-state index is 0.242. The number of carbonyl (C=O) groups is 1. The summed E-state index contributed by atoms with van der Waals surface area (Å²) < 4.78 is 0. The maximum atomic E-state index is 12.0. The van der Waals surface area contributed by atoms with E-state index < -0.39 is 5.91 Å². The summed E-state index contributed by atoms with van der Waals surface area (Å²) >= 11 is 0. The van der Waals surface area contributed by atoms with Crippen LogP contribution in [0.25, 0.3) is 32.8 Å². The van der Waals surface area contributed by atoms with E-state index in [1.54, 1.807) is 0 Å². The third-order valence-electron chi connectivity index (χ3n) is 5.56. The fraction of sp³-hybridized carbons (Fsp3) is 0.217. The van der Waals surface area contributed by atoms with Crippen molar-refractivity contribution in [2.24, 2.45) is 5.73 Å². The number of nitrogens with two attached hydrogens (primary N) is 1. The summed E-state index contributed by atoms with van der Waals surface area (Å²) in [6.07, 6.45) is 5.98. The molecule has 0 unspecified atom stereocenters. The van der Waals surface area contributed by atoms with Gasteiger partial charge in [-0.15, -0.1) is 10.2 Å². The standard InChI is InChI=1S/C23H21N5O/c1-2-28(16-8-9-16)22-18-10-7-14(11-20(18)26-27-21(22)23(24)29)19-13-25-12-15-5-3-4-6-17(15)19/h3-7,10-13,16H,2,8-9H2,1H3,(H2,24,29). The number of hydrogen-bond donors (Lipinski definition) is 1. The lowest BCUT2D eigenvalue weighted by Crippen LogP contribution is -2.29. The largest absolute Gasteiger partial charge is 0.366 e. The summed E-state index contributed by atoms with van der Waals surface area (Å²) in [5.74, 6) is -0.546. The first-order valence-corrected chi connectivity index (χ1v) is 9.87. The van der Waals surface area contributed by atoms with Crippen LogP contribution in [0.2, 0.25) is 0 Å². The van der Waals surface area contributed by atoms with E-state index in [9.17, 15) is 4.79 Å². The number of amides is 1. The van der Waals surface area contributed by atoms with Gasteiger partial charge in [0.15, 0.2) is 5.69 Å². The summed E-state index contributed by atoms with van der Waals surface area (Å²) in [5.41, 5.74) is 9.47. The maximum absolute atomic E-state index is 12.0. The predicted molar refractivity (Wildman–Crippen MR) is 115 cm³/mol. The molecule has 0 saturated heterocycles. The van der Waals surface area contributed by atoms with Crippen LogP contribution in [0.5, 0.6) is 0 Å². The van der Waals surface area contributed by atoms with Gasteiger partial charge in [0, 0.05) is 41.3 Å². The first kappa shape index (κ1) is 17.6. The Morgan fingerprint density at radius 1 is 1.10 bits per heavy atom. The lowest BCUT2D eigenvalue weighted by atomic mass is 9.99. The van der Waals surface area contributed by atoms with Gasteiger partial charge in [0.1, 0.15) is 0 Å². The van der Waals surface area contributed by atoms with Crippen LogP contribution in [-0.2, 0) is 0 Å². The van der Waals surface area contributed by atoms with Crippen LogP contribution in [0, 0.1) is 0 Å². The van der Waals surface area contributed by atoms with Crippen molar-refractivity contribution in [2.45, 2.75) is 25.8 Å². The molecule has 1 aliphatic carbocycles. The van der Waals surface area contributed by atoms with Crippen LogP contribution >= 0.6 is 0 Å². The first-order chi connectivity index (χ1) is 14.2. The molecule has 1 fully saturated rings. The third kappa shape index (κ3) is 2.97. The Labute approximate surface area is 168 Å². The van der Waals surface area contributed by atoms with Crippen molar-refractivity contribution in [3.63, 3.8) is 0 Å². The molecular formula is C23H21N5O. The van der Waals surface area contributed by atoms with Crippen LogP contribution in [0.3, 0.4) is 0 Å². The van der Waals surface area contributed by atoms with Gasteiger partial charge in [-0.3, -0.25) is 9.78 Å². The molecule has 2 heterocycles. The highest BCUT2D eigenvalue weighted by Crippen LogP contribution is 2.38. The first-order valence-electron chi connectivity index (χ1n) is 9.87. The van der Waals surface area contributed by atoms with E-state index in [4.69, 9.17) is 5.73 Å². The normalized spacial score (nSPS) is 13.7. The average molecular weight is 383 g/mol. The monoisotopic (exact) mass is 383 g/mol. The molecule has 0 atom stereocenters. The maximum Gasteiger partial charge on any atom is 0.271 e. The van der Waals surface area contributed by atoms with Crippen molar-refractivity contribution >= 4 is 33.3 Å². The number of benzene rings is 2.